The van der Waals surface area contributed by atoms with Gasteiger partial charge in [-0.15, -0.1) is 0 Å². The van der Waals surface area contributed by atoms with Gasteiger partial charge in [-0.1, -0.05) is 11.3 Å². The van der Waals surface area contributed by atoms with E-state index in [4.69, 9.17) is 10.8 Å². The summed E-state index contributed by atoms with van der Waals surface area (Å²) in [5, 5.41) is 9.12. The number of nitrogen functional groups attached to an aromatic ring is 1. The van der Waals surface area contributed by atoms with Crippen LogP contribution in [0.15, 0.2) is 0 Å². The molecular weight excluding hydrogens is 168 g/mol. The molecule has 0 saturated heterocycles. The Kier molecular flexibility index (Phi) is 1.95. The van der Waals surface area contributed by atoms with Gasteiger partial charge in [-0.05, 0) is 0 Å². The third-order valence-electron chi connectivity index (χ3n) is 0.832. The molecule has 6 heteroatoms. The zero-order valence-electron chi connectivity index (χ0n) is 5.70. The van der Waals surface area contributed by atoms with Gasteiger partial charge in [0.1, 0.15) is 0 Å². The summed E-state index contributed by atoms with van der Waals surface area (Å²) in [6.45, 7) is 1.23. The van der Waals surface area contributed by atoms with Crippen molar-refractivity contribution in [3.8, 4) is 10.9 Å². The number of aromatic hydroxyl groups is 1. The molecule has 0 saturated carbocycles. The number of nitrogens with two attached hydrogens (primary N) is 1. The number of ether oxygens (including phenoxy) is 1. The molecule has 1 heterocycles. The lowest BCUT2D eigenvalue weighted by molar-refractivity contribution is -0.131. The van der Waals surface area contributed by atoms with Crippen LogP contribution in [0, 0.1) is 0 Å². The van der Waals surface area contributed by atoms with E-state index in [0.29, 0.717) is 0 Å². The number of esters is 1. The van der Waals surface area contributed by atoms with Crippen molar-refractivity contribution >= 4 is 22.4 Å². The van der Waals surface area contributed by atoms with Crippen LogP contribution < -0.4 is 10.5 Å². The van der Waals surface area contributed by atoms with Crippen LogP contribution in [0.4, 0.5) is 5.13 Å². The average Bonchev–Trinajstić information content (AvgIpc) is 2.09. The van der Waals surface area contributed by atoms with Crippen LogP contribution in [0.25, 0.3) is 0 Å². The monoisotopic (exact) mass is 174 g/mol. The van der Waals surface area contributed by atoms with Crippen molar-refractivity contribution in [1.82, 2.24) is 4.98 Å². The number of aromatic nitrogens is 1. The molecule has 0 aliphatic rings. The molecule has 60 valence electrons. The van der Waals surface area contributed by atoms with Crippen LogP contribution in [-0.4, -0.2) is 16.1 Å². The molecule has 1 rings (SSSR count). The smallest absolute Gasteiger partial charge is 0.309 e. The van der Waals surface area contributed by atoms with Crippen molar-refractivity contribution in [2.75, 3.05) is 5.73 Å². The fourth-order valence-electron chi connectivity index (χ4n) is 0.510. The second-order valence-electron chi connectivity index (χ2n) is 1.76. The number of carbonyl (C=O) groups is 1. The van der Waals surface area contributed by atoms with Gasteiger partial charge in [0.15, 0.2) is 5.13 Å². The Morgan fingerprint density at radius 2 is 2.45 bits per heavy atom. The summed E-state index contributed by atoms with van der Waals surface area (Å²) in [6, 6.07) is 0. The number of hydrogen-bond donors (Lipinski definition) is 2. The highest BCUT2D eigenvalue weighted by atomic mass is 32.1. The van der Waals surface area contributed by atoms with Gasteiger partial charge < -0.3 is 15.6 Å². The molecule has 1 aromatic heterocycles. The van der Waals surface area contributed by atoms with Crippen LogP contribution in [0.5, 0.6) is 10.9 Å². The summed E-state index contributed by atoms with van der Waals surface area (Å²) in [6.07, 6.45) is 0. The van der Waals surface area contributed by atoms with E-state index in [9.17, 15) is 4.79 Å². The minimum Gasteiger partial charge on any atom is -0.490 e. The van der Waals surface area contributed by atoms with E-state index in [1.807, 2.05) is 0 Å². The molecule has 0 fully saturated rings. The molecule has 0 aliphatic carbocycles. The Morgan fingerprint density at radius 1 is 1.82 bits per heavy atom. The molecule has 5 nitrogen and oxygen atoms in total. The van der Waals surface area contributed by atoms with E-state index in [-0.39, 0.29) is 16.1 Å². The Bertz CT molecular complexity index is 283. The van der Waals surface area contributed by atoms with Crippen LogP contribution >= 0.6 is 11.3 Å². The Morgan fingerprint density at radius 3 is 2.82 bits per heavy atom. The Balaban J connectivity index is 2.85. The van der Waals surface area contributed by atoms with E-state index in [0.717, 1.165) is 11.3 Å². The van der Waals surface area contributed by atoms with Gasteiger partial charge in [0.25, 0.3) is 5.88 Å². The number of carbonyl (C=O) groups excluding carboxylic acids is 1. The summed E-state index contributed by atoms with van der Waals surface area (Å²) < 4.78 is 4.55. The SMILES string of the molecule is CC(=O)Oc1sc(N)nc1O. The predicted molar refractivity (Wildman–Crippen MR) is 39.5 cm³/mol. The van der Waals surface area contributed by atoms with Gasteiger partial charge >= 0.3 is 5.97 Å². The lowest BCUT2D eigenvalue weighted by Crippen LogP contribution is -1.99. The highest BCUT2D eigenvalue weighted by Gasteiger charge is 2.10. The highest BCUT2D eigenvalue weighted by molar-refractivity contribution is 7.17. The Labute approximate surface area is 66.4 Å². The molecule has 3 N–H and O–H groups in total. The number of nitrogens with zero attached hydrogens (tertiary/aromatic N) is 1. The summed E-state index contributed by atoms with van der Waals surface area (Å²) in [7, 11) is 0. The van der Waals surface area contributed by atoms with E-state index in [2.05, 4.69) is 9.72 Å². The first-order chi connectivity index (χ1) is 5.09. The second-order valence-corrected chi connectivity index (χ2v) is 2.75. The topological polar surface area (TPSA) is 85.4 Å². The van der Waals surface area contributed by atoms with Gasteiger partial charge in [0.2, 0.25) is 5.06 Å². The molecule has 0 radical (unpaired) electrons. The molecule has 0 bridgehead atoms. The molecule has 0 aliphatic heterocycles. The molecule has 11 heavy (non-hydrogen) atoms. The summed E-state index contributed by atoms with van der Waals surface area (Å²) in [5.74, 6) is -0.855. The molecule has 0 amide bonds. The van der Waals surface area contributed by atoms with Crippen LogP contribution in [0.2, 0.25) is 0 Å². The van der Waals surface area contributed by atoms with Gasteiger partial charge in [0.05, 0.1) is 0 Å². The normalized spacial score (nSPS) is 9.55. The quantitative estimate of drug-likeness (QED) is 0.600. The molecule has 0 atom stereocenters. The van der Waals surface area contributed by atoms with Crippen LogP contribution in [0.3, 0.4) is 0 Å². The first-order valence-corrected chi connectivity index (χ1v) is 3.55. The van der Waals surface area contributed by atoms with E-state index >= 15 is 0 Å². The van der Waals surface area contributed by atoms with Crippen molar-refractivity contribution < 1.29 is 14.6 Å². The number of rotatable bonds is 1. The fraction of sp³-hybridized carbons (Fsp3) is 0.200. The zero-order valence-corrected chi connectivity index (χ0v) is 6.51. The molecule has 1 aromatic rings. The van der Waals surface area contributed by atoms with E-state index in [1.54, 1.807) is 0 Å². The highest BCUT2D eigenvalue weighted by Crippen LogP contribution is 2.33. The minimum atomic E-state index is -0.510. The van der Waals surface area contributed by atoms with E-state index < -0.39 is 5.97 Å². The first-order valence-electron chi connectivity index (χ1n) is 2.73. The standard InChI is InChI=1S/C5H6N2O3S/c1-2(8)10-4-3(9)7-5(6)11-4/h9H,1H3,(H2,6,7). The number of anilines is 1. The minimum absolute atomic E-state index is 0.0370. The molecular formula is C5H6N2O3S. The van der Waals surface area contributed by atoms with Crippen molar-refractivity contribution in [3.05, 3.63) is 0 Å². The predicted octanol–water partition coefficient (Wildman–Crippen LogP) is 0.356. The summed E-state index contributed by atoms with van der Waals surface area (Å²) >= 11 is 0.916. The lowest BCUT2D eigenvalue weighted by atomic mass is 10.8. The molecule has 0 aromatic carbocycles. The average molecular weight is 174 g/mol. The molecule has 0 unspecified atom stereocenters. The van der Waals surface area contributed by atoms with Gasteiger partial charge in [-0.3, -0.25) is 4.79 Å². The van der Waals surface area contributed by atoms with Crippen molar-refractivity contribution in [1.29, 1.82) is 0 Å². The van der Waals surface area contributed by atoms with E-state index in [1.165, 1.54) is 6.92 Å². The zero-order chi connectivity index (χ0) is 8.43. The number of thiazole rings is 1. The third kappa shape index (κ3) is 1.81. The van der Waals surface area contributed by atoms with Crippen molar-refractivity contribution in [2.24, 2.45) is 0 Å². The maximum atomic E-state index is 10.4. The number of hydrogen-bond acceptors (Lipinski definition) is 6. The van der Waals surface area contributed by atoms with Gasteiger partial charge in [-0.25, -0.2) is 0 Å². The maximum Gasteiger partial charge on any atom is 0.309 e. The van der Waals surface area contributed by atoms with Crippen molar-refractivity contribution in [2.45, 2.75) is 6.92 Å². The Hall–Kier alpha value is -1.30. The fourth-order valence-corrected chi connectivity index (χ4v) is 1.13. The third-order valence-corrected chi connectivity index (χ3v) is 1.58. The van der Waals surface area contributed by atoms with Gasteiger partial charge in [0, 0.05) is 6.92 Å². The van der Waals surface area contributed by atoms with Crippen molar-refractivity contribution in [3.63, 3.8) is 0 Å². The lowest BCUT2D eigenvalue weighted by Gasteiger charge is -1.93. The summed E-state index contributed by atoms with van der Waals surface area (Å²) in [5.41, 5.74) is 5.21. The largest absolute Gasteiger partial charge is 0.490 e. The second kappa shape index (κ2) is 2.75. The van der Waals surface area contributed by atoms with Crippen LogP contribution in [-0.2, 0) is 4.79 Å². The molecule has 0 spiro atoms. The summed E-state index contributed by atoms with van der Waals surface area (Å²) in [4.78, 5) is 13.8. The maximum absolute atomic E-state index is 10.4. The first kappa shape index (κ1) is 7.80. The van der Waals surface area contributed by atoms with Gasteiger partial charge in [-0.2, -0.15) is 4.98 Å². The van der Waals surface area contributed by atoms with Crippen LogP contribution in [0.1, 0.15) is 6.92 Å².